The van der Waals surface area contributed by atoms with Crippen LogP contribution in [0.25, 0.3) is 0 Å². The van der Waals surface area contributed by atoms with Crippen LogP contribution in [0.15, 0.2) is 24.3 Å². The van der Waals surface area contributed by atoms with E-state index in [4.69, 9.17) is 0 Å². The fourth-order valence-corrected chi connectivity index (χ4v) is 2.15. The topological polar surface area (TPSA) is 15.3 Å². The Kier molecular flexibility index (Phi) is 4.81. The highest BCUT2D eigenvalue weighted by Crippen LogP contribution is 2.03. The molecule has 0 aromatic heterocycles. The van der Waals surface area contributed by atoms with Crippen molar-refractivity contribution in [3.63, 3.8) is 0 Å². The summed E-state index contributed by atoms with van der Waals surface area (Å²) in [5.74, 6) is 6.57. The molecule has 1 N–H and O–H groups in total. The van der Waals surface area contributed by atoms with Gasteiger partial charge in [0, 0.05) is 32.1 Å². The van der Waals surface area contributed by atoms with E-state index in [1.165, 1.54) is 11.1 Å². The van der Waals surface area contributed by atoms with E-state index in [0.717, 1.165) is 32.6 Å². The third kappa shape index (κ3) is 3.87. The smallest absolute Gasteiger partial charge is 0.0604 e. The molecule has 1 aliphatic heterocycles. The van der Waals surface area contributed by atoms with Crippen LogP contribution in [0.1, 0.15) is 18.1 Å². The van der Waals surface area contributed by atoms with Crippen molar-refractivity contribution in [2.75, 3.05) is 26.2 Å². The molecule has 1 atom stereocenters. The number of nitrogens with zero attached hydrogens (tertiary/aromatic N) is 1. The number of hydrogen-bond acceptors (Lipinski definition) is 2. The summed E-state index contributed by atoms with van der Waals surface area (Å²) < 4.78 is 0. The third-order valence-electron chi connectivity index (χ3n) is 3.46. The summed E-state index contributed by atoms with van der Waals surface area (Å²) in [4.78, 5) is 2.44. The molecule has 0 saturated carbocycles. The van der Waals surface area contributed by atoms with Crippen molar-refractivity contribution in [3.05, 3.63) is 35.4 Å². The van der Waals surface area contributed by atoms with E-state index in [1.54, 1.807) is 0 Å². The zero-order valence-corrected chi connectivity index (χ0v) is 11.4. The van der Waals surface area contributed by atoms with Gasteiger partial charge in [-0.25, -0.2) is 0 Å². The molecule has 2 heteroatoms. The first kappa shape index (κ1) is 13.1. The summed E-state index contributed by atoms with van der Waals surface area (Å²) >= 11 is 0. The van der Waals surface area contributed by atoms with Crippen molar-refractivity contribution < 1.29 is 0 Å². The lowest BCUT2D eigenvalue weighted by atomic mass is 10.1. The lowest BCUT2D eigenvalue weighted by Gasteiger charge is -2.32. The predicted octanol–water partition coefficient (Wildman–Crippen LogP) is 1.83. The Morgan fingerprint density at radius 3 is 2.78 bits per heavy atom. The molecule has 96 valence electrons. The number of nitrogens with one attached hydrogen (secondary N) is 1. The Morgan fingerprint density at radius 2 is 2.06 bits per heavy atom. The largest absolute Gasteiger partial charge is 0.314 e. The average molecular weight is 242 g/mol. The minimum absolute atomic E-state index is 0.604. The molecule has 18 heavy (non-hydrogen) atoms. The van der Waals surface area contributed by atoms with Gasteiger partial charge in [0.25, 0.3) is 0 Å². The van der Waals surface area contributed by atoms with Crippen molar-refractivity contribution in [1.29, 1.82) is 0 Å². The van der Waals surface area contributed by atoms with E-state index in [1.807, 2.05) is 0 Å². The molecular formula is C16H22N2. The van der Waals surface area contributed by atoms with E-state index >= 15 is 0 Å². The number of rotatable bonds is 2. The quantitative estimate of drug-likeness (QED) is 0.796. The molecule has 1 fully saturated rings. The molecule has 0 amide bonds. The van der Waals surface area contributed by atoms with Crippen LogP contribution in [0.4, 0.5) is 0 Å². The van der Waals surface area contributed by atoms with Crippen LogP contribution in [0.2, 0.25) is 0 Å². The van der Waals surface area contributed by atoms with Gasteiger partial charge in [-0.1, -0.05) is 41.7 Å². The maximum Gasteiger partial charge on any atom is 0.0604 e. The van der Waals surface area contributed by atoms with Crippen molar-refractivity contribution in [2.45, 2.75) is 26.3 Å². The molecule has 1 aliphatic rings. The van der Waals surface area contributed by atoms with Crippen LogP contribution < -0.4 is 5.32 Å². The molecule has 2 rings (SSSR count). The van der Waals surface area contributed by atoms with E-state index in [0.29, 0.717) is 6.04 Å². The maximum atomic E-state index is 3.40. The summed E-state index contributed by atoms with van der Waals surface area (Å²) in [6, 6.07) is 9.23. The van der Waals surface area contributed by atoms with Crippen molar-refractivity contribution >= 4 is 0 Å². The van der Waals surface area contributed by atoms with Crippen LogP contribution in [0.3, 0.4) is 0 Å². The highest BCUT2D eigenvalue weighted by Gasteiger charge is 2.15. The summed E-state index contributed by atoms with van der Waals surface area (Å²) in [6.45, 7) is 8.55. The zero-order chi connectivity index (χ0) is 12.8. The first-order valence-corrected chi connectivity index (χ1v) is 6.72. The van der Waals surface area contributed by atoms with Gasteiger partial charge in [-0.2, -0.15) is 0 Å². The summed E-state index contributed by atoms with van der Waals surface area (Å²) in [6.07, 6.45) is 0.862. The molecule has 1 unspecified atom stereocenters. The molecule has 1 saturated heterocycles. The van der Waals surface area contributed by atoms with Crippen molar-refractivity contribution in [1.82, 2.24) is 10.2 Å². The minimum Gasteiger partial charge on any atom is -0.314 e. The summed E-state index contributed by atoms with van der Waals surface area (Å²) in [5.41, 5.74) is 2.61. The Hall–Kier alpha value is -1.30. The van der Waals surface area contributed by atoms with Gasteiger partial charge in [0.15, 0.2) is 0 Å². The van der Waals surface area contributed by atoms with E-state index in [2.05, 4.69) is 60.2 Å². The molecule has 0 radical (unpaired) electrons. The molecule has 0 aliphatic carbocycles. The predicted molar refractivity (Wildman–Crippen MR) is 76.6 cm³/mol. The second-order valence-electron chi connectivity index (χ2n) is 5.04. The number of aryl methyl sites for hydroxylation is 1. The van der Waals surface area contributed by atoms with Gasteiger partial charge in [-0.15, -0.1) is 0 Å². The van der Waals surface area contributed by atoms with E-state index < -0.39 is 0 Å². The van der Waals surface area contributed by atoms with Gasteiger partial charge in [-0.3, -0.25) is 4.90 Å². The van der Waals surface area contributed by atoms with Crippen molar-refractivity contribution in [2.24, 2.45) is 0 Å². The van der Waals surface area contributed by atoms with Crippen molar-refractivity contribution in [3.8, 4) is 11.8 Å². The molecule has 2 nitrogen and oxygen atoms in total. The highest BCUT2D eigenvalue weighted by molar-refractivity contribution is 5.25. The third-order valence-corrected chi connectivity index (χ3v) is 3.46. The minimum atomic E-state index is 0.604. The van der Waals surface area contributed by atoms with Crippen LogP contribution in [-0.2, 0) is 6.42 Å². The van der Waals surface area contributed by atoms with Crippen LogP contribution in [-0.4, -0.2) is 37.1 Å². The lowest BCUT2D eigenvalue weighted by molar-refractivity contribution is 0.196. The van der Waals surface area contributed by atoms with Gasteiger partial charge in [0.1, 0.15) is 0 Å². The van der Waals surface area contributed by atoms with Gasteiger partial charge < -0.3 is 5.32 Å². The monoisotopic (exact) mass is 242 g/mol. The summed E-state index contributed by atoms with van der Waals surface area (Å²) in [5, 5.41) is 3.40. The first-order chi connectivity index (χ1) is 8.75. The lowest BCUT2D eigenvalue weighted by Crippen LogP contribution is -2.49. The Morgan fingerprint density at radius 1 is 1.28 bits per heavy atom. The van der Waals surface area contributed by atoms with Gasteiger partial charge in [-0.05, 0) is 19.4 Å². The molecule has 1 aromatic rings. The van der Waals surface area contributed by atoms with Gasteiger partial charge in [0.05, 0.1) is 6.54 Å². The Bertz CT molecular complexity index is 425. The standard InChI is InChI=1S/C16H22N2/c1-14-6-8-16(9-7-14)5-3-4-11-18-12-10-17-13-15(18)2/h6-9,15,17H,5,10-13H2,1-2H3. The van der Waals surface area contributed by atoms with E-state index in [-0.39, 0.29) is 0 Å². The fraction of sp³-hybridized carbons (Fsp3) is 0.500. The molecule has 0 spiro atoms. The molecular weight excluding hydrogens is 220 g/mol. The number of hydrogen-bond donors (Lipinski definition) is 1. The SMILES string of the molecule is Cc1ccc(CC#CCN2CCNCC2C)cc1. The molecule has 1 aromatic carbocycles. The summed E-state index contributed by atoms with van der Waals surface area (Å²) in [7, 11) is 0. The number of benzene rings is 1. The molecule has 1 heterocycles. The average Bonchev–Trinajstić information content (AvgIpc) is 2.39. The maximum absolute atomic E-state index is 3.40. The van der Waals surface area contributed by atoms with Gasteiger partial charge in [0.2, 0.25) is 0 Å². The second-order valence-corrected chi connectivity index (χ2v) is 5.04. The van der Waals surface area contributed by atoms with Crippen LogP contribution in [0, 0.1) is 18.8 Å². The first-order valence-electron chi connectivity index (χ1n) is 6.72. The Balaban J connectivity index is 1.80. The van der Waals surface area contributed by atoms with Gasteiger partial charge >= 0.3 is 0 Å². The number of piperazine rings is 1. The normalized spacial score (nSPS) is 20.2. The highest BCUT2D eigenvalue weighted by atomic mass is 15.2. The second kappa shape index (κ2) is 6.58. The zero-order valence-electron chi connectivity index (χ0n) is 11.4. The fourth-order valence-electron chi connectivity index (χ4n) is 2.15. The Labute approximate surface area is 110 Å². The van der Waals surface area contributed by atoms with Crippen LogP contribution in [0.5, 0.6) is 0 Å². The van der Waals surface area contributed by atoms with E-state index in [9.17, 15) is 0 Å². The molecule has 0 bridgehead atoms. The van der Waals surface area contributed by atoms with Crippen LogP contribution >= 0.6 is 0 Å².